The Morgan fingerprint density at radius 1 is 1.18 bits per heavy atom. The average Bonchev–Trinajstić information content (AvgIpc) is 3.27. The predicted octanol–water partition coefficient (Wildman–Crippen LogP) is 3.68. The van der Waals surface area contributed by atoms with E-state index in [-0.39, 0.29) is 19.0 Å². The van der Waals surface area contributed by atoms with E-state index in [1.165, 1.54) is 0 Å². The van der Waals surface area contributed by atoms with Crippen LogP contribution in [0, 0.1) is 0 Å². The van der Waals surface area contributed by atoms with Crippen molar-refractivity contribution in [3.63, 3.8) is 0 Å². The van der Waals surface area contributed by atoms with Crippen LogP contribution in [0.25, 0.3) is 10.9 Å². The first-order valence-corrected chi connectivity index (χ1v) is 9.51. The molecule has 6 nitrogen and oxygen atoms in total. The van der Waals surface area contributed by atoms with Gasteiger partial charge in [-0.05, 0) is 47.9 Å². The number of carbonyl (C=O) groups excluding carboxylic acids is 1. The maximum Gasteiger partial charge on any atom is 0.256 e. The van der Waals surface area contributed by atoms with Crippen LogP contribution in [0.15, 0.2) is 42.6 Å². The van der Waals surface area contributed by atoms with E-state index < -0.39 is 10.2 Å². The lowest BCUT2D eigenvalue weighted by Crippen LogP contribution is -2.40. The van der Waals surface area contributed by atoms with Crippen molar-refractivity contribution in [3.8, 4) is 17.2 Å². The molecule has 28 heavy (non-hydrogen) atoms. The van der Waals surface area contributed by atoms with Crippen molar-refractivity contribution in [2.45, 2.75) is 17.2 Å². The zero-order valence-corrected chi connectivity index (χ0v) is 16.3. The number of nitrogens with one attached hydrogen (secondary N) is 2. The molecule has 146 valence electrons. The van der Waals surface area contributed by atoms with E-state index >= 15 is 0 Å². The number of amides is 1. The third-order valence-corrected chi connectivity index (χ3v) is 5.24. The number of aromatic amines is 1. The summed E-state index contributed by atoms with van der Waals surface area (Å²) in [6.07, 6.45) is 2.57. The number of fused-ring (bicyclic) bond motifs is 2. The van der Waals surface area contributed by atoms with Gasteiger partial charge in [-0.2, -0.15) is 0 Å². The van der Waals surface area contributed by atoms with Crippen molar-refractivity contribution < 1.29 is 19.4 Å². The Bertz CT molecular complexity index is 1030. The molecule has 4 rings (SSSR count). The number of hydrogen-bond acceptors (Lipinski definition) is 4. The first-order chi connectivity index (χ1) is 13.4. The van der Waals surface area contributed by atoms with Crippen molar-refractivity contribution in [2.75, 3.05) is 13.3 Å². The fourth-order valence-corrected chi connectivity index (χ4v) is 3.64. The molecule has 0 radical (unpaired) electrons. The quantitative estimate of drug-likeness (QED) is 0.531. The molecule has 1 aliphatic heterocycles. The summed E-state index contributed by atoms with van der Waals surface area (Å²) in [7, 11) is 0. The van der Waals surface area contributed by atoms with Gasteiger partial charge in [0, 0.05) is 30.1 Å². The summed E-state index contributed by atoms with van der Waals surface area (Å²) < 4.78 is 9.00. The van der Waals surface area contributed by atoms with Crippen LogP contribution in [0.4, 0.5) is 0 Å². The van der Waals surface area contributed by atoms with Gasteiger partial charge in [-0.15, -0.1) is 0 Å². The number of phenols is 1. The molecular formula is C20H18Cl2N2O4. The van der Waals surface area contributed by atoms with Gasteiger partial charge in [-0.1, -0.05) is 29.3 Å². The number of benzene rings is 2. The minimum Gasteiger partial charge on any atom is -0.508 e. The number of H-pyrrole nitrogens is 1. The predicted molar refractivity (Wildman–Crippen MR) is 107 cm³/mol. The number of ether oxygens (including phenoxy) is 2. The van der Waals surface area contributed by atoms with Crippen molar-refractivity contribution in [1.82, 2.24) is 10.3 Å². The molecule has 0 atom stereocenters. The third kappa shape index (κ3) is 3.84. The molecular weight excluding hydrogens is 403 g/mol. The molecule has 1 aromatic heterocycles. The smallest absolute Gasteiger partial charge is 0.256 e. The second kappa shape index (κ2) is 7.45. The Hall–Kier alpha value is -2.57. The number of aromatic nitrogens is 1. The molecule has 3 N–H and O–H groups in total. The summed E-state index contributed by atoms with van der Waals surface area (Å²) in [5, 5.41) is 13.3. The number of hydrogen-bond donors (Lipinski definition) is 3. The second-order valence-corrected chi connectivity index (χ2v) is 8.10. The molecule has 0 saturated heterocycles. The van der Waals surface area contributed by atoms with Gasteiger partial charge in [0.05, 0.1) is 0 Å². The Morgan fingerprint density at radius 2 is 2.00 bits per heavy atom. The van der Waals surface area contributed by atoms with Gasteiger partial charge < -0.3 is 24.9 Å². The van der Waals surface area contributed by atoms with Gasteiger partial charge in [0.15, 0.2) is 15.8 Å². The molecule has 3 aromatic rings. The molecule has 0 unspecified atom stereocenters. The Labute approximate surface area is 171 Å². The average molecular weight is 421 g/mol. The van der Waals surface area contributed by atoms with E-state index in [0.29, 0.717) is 24.5 Å². The van der Waals surface area contributed by atoms with Crippen LogP contribution in [-0.2, 0) is 17.6 Å². The van der Waals surface area contributed by atoms with Crippen molar-refractivity contribution in [3.05, 3.63) is 53.7 Å². The summed E-state index contributed by atoms with van der Waals surface area (Å²) in [5.74, 6) is 1.01. The van der Waals surface area contributed by atoms with Gasteiger partial charge in [-0.25, -0.2) is 0 Å². The summed E-state index contributed by atoms with van der Waals surface area (Å²) >= 11 is 12.6. The zero-order chi connectivity index (χ0) is 19.7. The maximum atomic E-state index is 12.5. The number of rotatable bonds is 6. The zero-order valence-electron chi connectivity index (χ0n) is 14.8. The molecule has 0 bridgehead atoms. The van der Waals surface area contributed by atoms with Crippen LogP contribution in [0.2, 0.25) is 0 Å². The normalized spacial score (nSPS) is 13.1. The van der Waals surface area contributed by atoms with E-state index in [2.05, 4.69) is 10.3 Å². The van der Waals surface area contributed by atoms with E-state index in [0.717, 1.165) is 22.0 Å². The minimum absolute atomic E-state index is 0.138. The number of alkyl halides is 2. The lowest BCUT2D eigenvalue weighted by Gasteiger charge is -2.19. The van der Waals surface area contributed by atoms with Gasteiger partial charge >= 0.3 is 0 Å². The molecule has 1 amide bonds. The van der Waals surface area contributed by atoms with E-state index in [1.54, 1.807) is 36.4 Å². The summed E-state index contributed by atoms with van der Waals surface area (Å²) in [5.41, 5.74) is 2.68. The molecule has 0 aliphatic carbocycles. The van der Waals surface area contributed by atoms with E-state index in [1.807, 2.05) is 6.20 Å². The first kappa shape index (κ1) is 18.8. The van der Waals surface area contributed by atoms with Crippen molar-refractivity contribution in [1.29, 1.82) is 0 Å². The first-order valence-electron chi connectivity index (χ1n) is 8.76. The molecule has 1 aliphatic rings. The minimum atomic E-state index is -1.60. The van der Waals surface area contributed by atoms with Crippen LogP contribution < -0.4 is 14.8 Å². The molecule has 2 heterocycles. The van der Waals surface area contributed by atoms with Gasteiger partial charge in [-0.3, -0.25) is 4.79 Å². The fourth-order valence-electron chi connectivity index (χ4n) is 3.20. The van der Waals surface area contributed by atoms with Gasteiger partial charge in [0.1, 0.15) is 5.75 Å². The SMILES string of the molecule is O=C(NCCc1c[nH]c2ccc(O)cc12)C(Cl)(Cl)Cc1ccc2c(c1)OCO2. The lowest BCUT2D eigenvalue weighted by atomic mass is 10.1. The highest BCUT2D eigenvalue weighted by Crippen LogP contribution is 2.35. The fraction of sp³-hybridized carbons (Fsp3) is 0.250. The van der Waals surface area contributed by atoms with Gasteiger partial charge in [0.2, 0.25) is 6.79 Å². The van der Waals surface area contributed by atoms with Crippen LogP contribution in [-0.4, -0.2) is 33.7 Å². The summed E-state index contributed by atoms with van der Waals surface area (Å²) in [4.78, 5) is 15.6. The maximum absolute atomic E-state index is 12.5. The van der Waals surface area contributed by atoms with Gasteiger partial charge in [0.25, 0.3) is 5.91 Å². The molecule has 2 aromatic carbocycles. The highest BCUT2D eigenvalue weighted by Gasteiger charge is 2.34. The van der Waals surface area contributed by atoms with Crippen LogP contribution in [0.3, 0.4) is 0 Å². The second-order valence-electron chi connectivity index (χ2n) is 6.62. The number of aromatic hydroxyl groups is 1. The summed E-state index contributed by atoms with van der Waals surface area (Å²) in [6.45, 7) is 0.543. The Balaban J connectivity index is 1.36. The largest absolute Gasteiger partial charge is 0.508 e. The molecule has 0 saturated carbocycles. The number of carbonyl (C=O) groups is 1. The van der Waals surface area contributed by atoms with Crippen LogP contribution in [0.1, 0.15) is 11.1 Å². The number of phenolic OH excluding ortho intramolecular Hbond substituents is 1. The van der Waals surface area contributed by atoms with Crippen LogP contribution in [0.5, 0.6) is 17.2 Å². The van der Waals surface area contributed by atoms with Crippen molar-refractivity contribution >= 4 is 40.0 Å². The Kier molecular flexibility index (Phi) is 5.00. The monoisotopic (exact) mass is 420 g/mol. The highest BCUT2D eigenvalue weighted by atomic mass is 35.5. The highest BCUT2D eigenvalue weighted by molar-refractivity contribution is 6.58. The standard InChI is InChI=1S/C20H18Cl2N2O4/c21-20(22,9-12-1-4-17-18(7-12)28-11-27-17)19(26)23-6-5-13-10-24-16-3-2-14(25)8-15(13)16/h1-4,7-8,10,24-25H,5-6,9,11H2,(H,23,26). The topological polar surface area (TPSA) is 83.6 Å². The van der Waals surface area contributed by atoms with E-state index in [4.69, 9.17) is 32.7 Å². The van der Waals surface area contributed by atoms with Crippen molar-refractivity contribution in [2.24, 2.45) is 0 Å². The Morgan fingerprint density at radius 3 is 2.86 bits per heavy atom. The molecule has 0 spiro atoms. The van der Waals surface area contributed by atoms with E-state index in [9.17, 15) is 9.90 Å². The van der Waals surface area contributed by atoms with Crippen LogP contribution >= 0.6 is 23.2 Å². The number of halogens is 2. The summed E-state index contributed by atoms with van der Waals surface area (Å²) in [6, 6.07) is 10.5. The third-order valence-electron chi connectivity index (χ3n) is 4.63. The molecule has 0 fully saturated rings. The lowest BCUT2D eigenvalue weighted by molar-refractivity contribution is -0.121. The molecule has 8 heteroatoms.